The van der Waals surface area contributed by atoms with Crippen molar-refractivity contribution >= 4 is 23.2 Å². The Balaban J connectivity index is 2.57. The molecule has 0 aromatic heterocycles. The van der Waals surface area contributed by atoms with Crippen molar-refractivity contribution in [2.45, 2.75) is 18.6 Å². The number of hydrogen-bond acceptors (Lipinski definition) is 2. The molecule has 0 radical (unpaired) electrons. The molecular weight excluding hydrogens is 209 g/mol. The van der Waals surface area contributed by atoms with Gasteiger partial charge in [-0.25, -0.2) is 0 Å². The molecule has 0 fully saturated rings. The molecule has 4 heteroatoms. The van der Waals surface area contributed by atoms with Crippen molar-refractivity contribution in [3.05, 3.63) is 33.3 Å². The van der Waals surface area contributed by atoms with Gasteiger partial charge in [-0.05, 0) is 23.3 Å². The maximum Gasteiger partial charge on any atom is 0.0773 e. The van der Waals surface area contributed by atoms with Crippen LogP contribution in [0.5, 0.6) is 0 Å². The molecule has 0 saturated carbocycles. The molecule has 3 N–H and O–H groups in total. The zero-order valence-corrected chi connectivity index (χ0v) is 8.31. The van der Waals surface area contributed by atoms with E-state index in [0.717, 1.165) is 11.1 Å². The molecule has 0 amide bonds. The lowest BCUT2D eigenvalue weighted by Crippen LogP contribution is -2.21. The lowest BCUT2D eigenvalue weighted by atomic mass is 10.1. The summed E-state index contributed by atoms with van der Waals surface area (Å²) in [6, 6.07) is 3.09. The summed E-state index contributed by atoms with van der Waals surface area (Å²) in [7, 11) is 0. The molecule has 1 aromatic rings. The molecular formula is C9H9Cl2NO. The fourth-order valence-electron chi connectivity index (χ4n) is 1.68. The van der Waals surface area contributed by atoms with Crippen LogP contribution in [0.25, 0.3) is 0 Å². The zero-order valence-electron chi connectivity index (χ0n) is 6.80. The SMILES string of the molecule is N[C@H]1c2cc(Cl)cc(Cl)c2C[C@@H]1O. The Kier molecular flexibility index (Phi) is 2.24. The van der Waals surface area contributed by atoms with Crippen molar-refractivity contribution in [1.82, 2.24) is 0 Å². The maximum atomic E-state index is 9.51. The molecule has 0 unspecified atom stereocenters. The minimum atomic E-state index is -0.536. The monoisotopic (exact) mass is 217 g/mol. The first kappa shape index (κ1) is 9.28. The largest absolute Gasteiger partial charge is 0.391 e. The van der Waals surface area contributed by atoms with E-state index >= 15 is 0 Å². The van der Waals surface area contributed by atoms with Gasteiger partial charge >= 0.3 is 0 Å². The van der Waals surface area contributed by atoms with Crippen LogP contribution in [0.2, 0.25) is 10.0 Å². The van der Waals surface area contributed by atoms with Gasteiger partial charge in [0.15, 0.2) is 0 Å². The third-order valence-electron chi connectivity index (χ3n) is 2.38. The number of aliphatic hydroxyl groups is 1. The van der Waals surface area contributed by atoms with Crippen LogP contribution in [0.3, 0.4) is 0 Å². The molecule has 2 rings (SSSR count). The third-order valence-corrected chi connectivity index (χ3v) is 2.94. The van der Waals surface area contributed by atoms with Crippen LogP contribution in [-0.2, 0) is 6.42 Å². The van der Waals surface area contributed by atoms with Crippen molar-refractivity contribution < 1.29 is 5.11 Å². The molecule has 1 aromatic carbocycles. The second-order valence-corrected chi connectivity index (χ2v) is 4.10. The van der Waals surface area contributed by atoms with Crippen molar-refractivity contribution in [3.63, 3.8) is 0 Å². The van der Waals surface area contributed by atoms with E-state index in [1.807, 2.05) is 0 Å². The van der Waals surface area contributed by atoms with Crippen LogP contribution in [0, 0.1) is 0 Å². The van der Waals surface area contributed by atoms with E-state index in [1.54, 1.807) is 12.1 Å². The molecule has 2 atom stereocenters. The van der Waals surface area contributed by atoms with E-state index in [9.17, 15) is 5.11 Å². The van der Waals surface area contributed by atoms with Crippen LogP contribution in [0.1, 0.15) is 17.2 Å². The predicted octanol–water partition coefficient (Wildman–Crippen LogP) is 1.91. The van der Waals surface area contributed by atoms with Gasteiger partial charge in [0.05, 0.1) is 12.1 Å². The van der Waals surface area contributed by atoms with Gasteiger partial charge in [0.2, 0.25) is 0 Å². The fourth-order valence-corrected chi connectivity index (χ4v) is 2.27. The smallest absolute Gasteiger partial charge is 0.0773 e. The highest BCUT2D eigenvalue weighted by Crippen LogP contribution is 2.36. The topological polar surface area (TPSA) is 46.2 Å². The van der Waals surface area contributed by atoms with E-state index in [4.69, 9.17) is 28.9 Å². The van der Waals surface area contributed by atoms with Gasteiger partial charge in [-0.1, -0.05) is 23.2 Å². The van der Waals surface area contributed by atoms with Crippen LogP contribution >= 0.6 is 23.2 Å². The van der Waals surface area contributed by atoms with Crippen LogP contribution in [-0.4, -0.2) is 11.2 Å². The number of hydrogen-bond donors (Lipinski definition) is 2. The summed E-state index contributed by atoms with van der Waals surface area (Å²) in [5.41, 5.74) is 7.55. The molecule has 0 bridgehead atoms. The Labute approximate surface area is 86.3 Å². The first-order valence-corrected chi connectivity index (χ1v) is 4.76. The average Bonchev–Trinajstić information content (AvgIpc) is 2.32. The summed E-state index contributed by atoms with van der Waals surface area (Å²) in [6.07, 6.45) is -0.0158. The zero-order chi connectivity index (χ0) is 9.59. The van der Waals surface area contributed by atoms with E-state index in [-0.39, 0.29) is 6.04 Å². The minimum absolute atomic E-state index is 0.355. The molecule has 13 heavy (non-hydrogen) atoms. The van der Waals surface area contributed by atoms with E-state index in [0.29, 0.717) is 16.5 Å². The highest BCUT2D eigenvalue weighted by atomic mass is 35.5. The normalized spacial score (nSPS) is 26.2. The molecule has 70 valence electrons. The Hall–Kier alpha value is -0.280. The molecule has 0 saturated heterocycles. The second-order valence-electron chi connectivity index (χ2n) is 3.25. The molecule has 1 aliphatic rings. The van der Waals surface area contributed by atoms with Crippen molar-refractivity contribution in [3.8, 4) is 0 Å². The second kappa shape index (κ2) is 3.14. The highest BCUT2D eigenvalue weighted by molar-refractivity contribution is 6.35. The summed E-state index contributed by atoms with van der Waals surface area (Å²) in [5.74, 6) is 0. The first-order valence-electron chi connectivity index (χ1n) is 4.01. The lowest BCUT2D eigenvalue weighted by molar-refractivity contribution is 0.158. The van der Waals surface area contributed by atoms with E-state index in [1.165, 1.54) is 0 Å². The predicted molar refractivity (Wildman–Crippen MR) is 53.1 cm³/mol. The van der Waals surface area contributed by atoms with Crippen LogP contribution in [0.15, 0.2) is 12.1 Å². The van der Waals surface area contributed by atoms with Crippen LogP contribution in [0.4, 0.5) is 0 Å². The van der Waals surface area contributed by atoms with Crippen molar-refractivity contribution in [2.75, 3.05) is 0 Å². The van der Waals surface area contributed by atoms with Gasteiger partial charge in [-0.15, -0.1) is 0 Å². The Morgan fingerprint density at radius 2 is 2.08 bits per heavy atom. The summed E-state index contributed by atoms with van der Waals surface area (Å²) in [4.78, 5) is 0. The number of nitrogens with two attached hydrogens (primary N) is 1. The van der Waals surface area contributed by atoms with Gasteiger partial charge < -0.3 is 10.8 Å². The summed E-state index contributed by atoms with van der Waals surface area (Å²) < 4.78 is 0. The molecule has 0 spiro atoms. The molecule has 0 aliphatic heterocycles. The van der Waals surface area contributed by atoms with E-state index < -0.39 is 6.10 Å². The lowest BCUT2D eigenvalue weighted by Gasteiger charge is -2.08. The number of aliphatic hydroxyl groups excluding tert-OH is 1. The highest BCUT2D eigenvalue weighted by Gasteiger charge is 2.29. The fraction of sp³-hybridized carbons (Fsp3) is 0.333. The standard InChI is InChI=1S/C9H9Cl2NO/c10-4-1-6-5(7(11)2-4)3-8(13)9(6)12/h1-2,8-9,13H,3,12H2/t8-,9-/m0/s1. The summed E-state index contributed by atoms with van der Waals surface area (Å²) in [6.45, 7) is 0. The third kappa shape index (κ3) is 1.44. The number of fused-ring (bicyclic) bond motifs is 1. The Morgan fingerprint density at radius 3 is 2.77 bits per heavy atom. The van der Waals surface area contributed by atoms with Crippen molar-refractivity contribution in [2.24, 2.45) is 5.73 Å². The quantitative estimate of drug-likeness (QED) is 0.698. The van der Waals surface area contributed by atoms with Crippen LogP contribution < -0.4 is 5.73 Å². The number of rotatable bonds is 0. The first-order chi connectivity index (χ1) is 6.09. The summed E-state index contributed by atoms with van der Waals surface area (Å²) in [5, 5.41) is 10.7. The van der Waals surface area contributed by atoms with Gasteiger partial charge in [0, 0.05) is 16.5 Å². The maximum absolute atomic E-state index is 9.51. The number of benzene rings is 1. The van der Waals surface area contributed by atoms with Gasteiger partial charge in [-0.2, -0.15) is 0 Å². The number of halogens is 2. The Bertz CT molecular complexity index is 354. The molecule has 2 nitrogen and oxygen atoms in total. The summed E-state index contributed by atoms with van der Waals surface area (Å²) >= 11 is 11.8. The molecule has 1 aliphatic carbocycles. The van der Waals surface area contributed by atoms with Gasteiger partial charge in [0.25, 0.3) is 0 Å². The average molecular weight is 218 g/mol. The Morgan fingerprint density at radius 1 is 1.38 bits per heavy atom. The van der Waals surface area contributed by atoms with E-state index in [2.05, 4.69) is 0 Å². The van der Waals surface area contributed by atoms with Gasteiger partial charge in [-0.3, -0.25) is 0 Å². The molecule has 0 heterocycles. The minimum Gasteiger partial charge on any atom is -0.391 e. The van der Waals surface area contributed by atoms with Crippen molar-refractivity contribution in [1.29, 1.82) is 0 Å². The van der Waals surface area contributed by atoms with Gasteiger partial charge in [0.1, 0.15) is 0 Å².